The lowest BCUT2D eigenvalue weighted by atomic mass is 9.88. The molecule has 0 radical (unpaired) electrons. The van der Waals surface area contributed by atoms with E-state index in [1.165, 1.54) is 6.92 Å². The highest BCUT2D eigenvalue weighted by atomic mass is 16.8. The largest absolute Gasteiger partial charge is 0.477 e. The Kier molecular flexibility index (Phi) is 17.4. The Hall–Kier alpha value is -2.64. The van der Waals surface area contributed by atoms with Crippen molar-refractivity contribution in [1.29, 1.82) is 0 Å². The zero-order chi connectivity index (χ0) is 42.4. The summed E-state index contributed by atoms with van der Waals surface area (Å²) >= 11 is 0. The van der Waals surface area contributed by atoms with Crippen molar-refractivity contribution in [1.82, 2.24) is 10.6 Å². The predicted molar refractivity (Wildman–Crippen MR) is 174 cm³/mol. The van der Waals surface area contributed by atoms with Crippen LogP contribution in [-0.2, 0) is 47.6 Å². The molecule has 3 saturated heterocycles. The summed E-state index contributed by atoms with van der Waals surface area (Å²) < 4.78 is 33.5. The molecule has 0 aliphatic carbocycles. The van der Waals surface area contributed by atoms with Gasteiger partial charge in [0.1, 0.15) is 91.7 Å². The minimum absolute atomic E-state index is 0.0793. The molecule has 3 aliphatic heterocycles. The van der Waals surface area contributed by atoms with E-state index in [9.17, 15) is 85.6 Å². The Balaban J connectivity index is 2.06. The number of rotatable bonds is 18. The molecule has 56 heavy (non-hydrogen) atoms. The van der Waals surface area contributed by atoms with Crippen LogP contribution >= 0.6 is 0 Å². The molecule has 25 nitrogen and oxygen atoms in total. The van der Waals surface area contributed by atoms with Gasteiger partial charge in [-0.2, -0.15) is 0 Å². The van der Waals surface area contributed by atoms with Crippen molar-refractivity contribution in [2.45, 2.75) is 149 Å². The third-order valence-corrected chi connectivity index (χ3v) is 9.49. The number of aliphatic carboxylic acids is 1. The number of hydrogen-bond acceptors (Lipinski definition) is 22. The number of nitrogens with one attached hydrogen (secondary N) is 2. The third kappa shape index (κ3) is 10.7. The number of carboxylic acid groups (broad SMARTS) is 1. The fourth-order valence-corrected chi connectivity index (χ4v) is 6.49. The van der Waals surface area contributed by atoms with E-state index in [0.717, 1.165) is 13.8 Å². The Morgan fingerprint density at radius 1 is 0.821 bits per heavy atom. The second-order valence-corrected chi connectivity index (χ2v) is 13.7. The summed E-state index contributed by atoms with van der Waals surface area (Å²) in [7, 11) is 0. The second kappa shape index (κ2) is 20.4. The van der Waals surface area contributed by atoms with Gasteiger partial charge < -0.3 is 110 Å². The maximum absolute atomic E-state index is 12.8. The highest BCUT2D eigenvalue weighted by Gasteiger charge is 2.60. The molecule has 0 unspecified atom stereocenters. The molecule has 3 aliphatic rings. The number of aldehydes is 1. The Bertz CT molecular complexity index is 1320. The van der Waals surface area contributed by atoms with Crippen LogP contribution < -0.4 is 10.6 Å². The van der Waals surface area contributed by atoms with Gasteiger partial charge in [0.05, 0.1) is 38.1 Å². The molecule has 15 N–H and O–H groups in total. The first-order valence-electron chi connectivity index (χ1n) is 17.3. The summed E-state index contributed by atoms with van der Waals surface area (Å²) in [5, 5.41) is 141. The average molecular weight is 821 g/mol. The molecule has 3 rings (SSSR count). The van der Waals surface area contributed by atoms with Crippen LogP contribution in [0.2, 0.25) is 0 Å². The maximum Gasteiger partial charge on any atom is 0.364 e. The summed E-state index contributed by atoms with van der Waals surface area (Å²) in [6, 6.07) is -3.47. The third-order valence-electron chi connectivity index (χ3n) is 9.49. The van der Waals surface area contributed by atoms with E-state index in [2.05, 4.69) is 10.6 Å². The monoisotopic (exact) mass is 820 g/mol. The molecular formula is C31H52N2O23. The van der Waals surface area contributed by atoms with Crippen LogP contribution in [0.15, 0.2) is 0 Å². The molecule has 0 bridgehead atoms. The van der Waals surface area contributed by atoms with Crippen molar-refractivity contribution < 1.29 is 114 Å². The molecule has 0 saturated carbocycles. The first-order chi connectivity index (χ1) is 26.2. The van der Waals surface area contributed by atoms with E-state index < -0.39 is 166 Å². The van der Waals surface area contributed by atoms with E-state index in [1.54, 1.807) is 0 Å². The summed E-state index contributed by atoms with van der Waals surface area (Å²) in [6.45, 7) is -0.175. The number of carbonyl (C=O) groups excluding carboxylic acids is 3. The van der Waals surface area contributed by atoms with Crippen LogP contribution in [0.3, 0.4) is 0 Å². The van der Waals surface area contributed by atoms with Crippen molar-refractivity contribution in [2.24, 2.45) is 0 Å². The zero-order valence-electron chi connectivity index (χ0n) is 30.3. The number of amides is 2. The van der Waals surface area contributed by atoms with Gasteiger partial charge in [0.25, 0.3) is 5.79 Å². The zero-order valence-corrected chi connectivity index (χ0v) is 30.3. The van der Waals surface area contributed by atoms with Gasteiger partial charge in [0.15, 0.2) is 12.6 Å². The lowest BCUT2D eigenvalue weighted by Crippen LogP contribution is -2.70. The number of carbonyl (C=O) groups is 4. The van der Waals surface area contributed by atoms with Gasteiger partial charge >= 0.3 is 5.97 Å². The quantitative estimate of drug-likeness (QED) is 0.0571. The molecule has 20 atom stereocenters. The topological polar surface area (TPSA) is 411 Å². The van der Waals surface area contributed by atoms with E-state index in [0.29, 0.717) is 0 Å². The smallest absolute Gasteiger partial charge is 0.364 e. The lowest BCUT2D eigenvalue weighted by molar-refractivity contribution is -0.380. The number of aliphatic hydroxyl groups is 12. The van der Waals surface area contributed by atoms with Gasteiger partial charge in [0.2, 0.25) is 11.8 Å². The molecule has 2 amide bonds. The van der Waals surface area contributed by atoms with Crippen molar-refractivity contribution in [3.05, 3.63) is 0 Å². The van der Waals surface area contributed by atoms with Crippen LogP contribution in [-0.4, -0.2) is 232 Å². The van der Waals surface area contributed by atoms with Gasteiger partial charge in [-0.1, -0.05) is 0 Å². The Labute approximate surface area is 317 Å². The minimum atomic E-state index is -3.16. The number of hydrogen-bond donors (Lipinski definition) is 15. The number of ether oxygens (including phenoxy) is 6. The highest BCUT2D eigenvalue weighted by Crippen LogP contribution is 2.38. The van der Waals surface area contributed by atoms with Crippen LogP contribution in [0.5, 0.6) is 0 Å². The normalized spacial score (nSPS) is 39.7. The summed E-state index contributed by atoms with van der Waals surface area (Å²) in [4.78, 5) is 49.1. The fraction of sp³-hybridized carbons (Fsp3) is 0.871. The standard InChI is InChI=1S/C31H52N2O23/c1-9-18(43)21(46)22(47)28(51-9)53-24(12(5-34)32-10(2)38)25(15(42)7-36)54-29-23(48)27(20(45)16(8-37)52-29)56-31(30(49)50)4-13(40)17(33-11(3)39)26(55-31)19(44)14(41)6-35/h5,9,12-29,35-37,40-48H,4,6-8H2,1-3H3,(H,32,38)(H,33,39)(H,49,50)/t9-,12-,13-,14+,15+,16+,17+,18+,19+,20-,21+,22-,23+,24+,25-,26+,27-,28+,29-,31-/m0/s1. The second-order valence-electron chi connectivity index (χ2n) is 13.7. The molecule has 0 aromatic carbocycles. The van der Waals surface area contributed by atoms with Crippen molar-refractivity contribution in [3.8, 4) is 0 Å². The van der Waals surface area contributed by atoms with E-state index >= 15 is 0 Å². The molecule has 0 aromatic rings. The molecule has 0 aromatic heterocycles. The first kappa shape index (κ1) is 47.7. The minimum Gasteiger partial charge on any atom is -0.477 e. The van der Waals surface area contributed by atoms with E-state index in [1.807, 2.05) is 0 Å². The van der Waals surface area contributed by atoms with Crippen LogP contribution in [0.1, 0.15) is 27.2 Å². The van der Waals surface area contributed by atoms with Crippen molar-refractivity contribution >= 4 is 24.1 Å². The number of aliphatic hydroxyl groups excluding tert-OH is 12. The van der Waals surface area contributed by atoms with Gasteiger partial charge in [-0.15, -0.1) is 0 Å². The Morgan fingerprint density at radius 3 is 1.93 bits per heavy atom. The summed E-state index contributed by atoms with van der Waals surface area (Å²) in [5.74, 6) is -6.89. The van der Waals surface area contributed by atoms with Crippen molar-refractivity contribution in [3.63, 3.8) is 0 Å². The van der Waals surface area contributed by atoms with Gasteiger partial charge in [0, 0.05) is 20.3 Å². The van der Waals surface area contributed by atoms with E-state index in [-0.39, 0.29) is 6.29 Å². The molecule has 0 spiro atoms. The van der Waals surface area contributed by atoms with Gasteiger partial charge in [-0.05, 0) is 6.92 Å². The molecule has 3 heterocycles. The van der Waals surface area contributed by atoms with Crippen LogP contribution in [0.4, 0.5) is 0 Å². The van der Waals surface area contributed by atoms with Crippen LogP contribution in [0.25, 0.3) is 0 Å². The maximum atomic E-state index is 12.8. The average Bonchev–Trinajstić information content (AvgIpc) is 3.15. The molecule has 25 heteroatoms. The van der Waals surface area contributed by atoms with Crippen LogP contribution in [0, 0.1) is 0 Å². The predicted octanol–water partition coefficient (Wildman–Crippen LogP) is -9.39. The SMILES string of the molecule is CC(=O)N[C@H]1[C@H]([C@H](O)[C@H](O)CO)O[C@@](O[C@H]2[C@@H](O)[C@@H](CO)O[C@@H](O[C@H]([C@H](O[C@H]3O[C@@H](C)[C@@H](O)[C@@H](O)[C@@H]3O)[C@H](C=O)NC(C)=O)[C@H](O)CO)[C@@H]2O)(C(=O)O)C[C@@H]1O. The molecule has 324 valence electrons. The first-order valence-corrected chi connectivity index (χ1v) is 17.3. The number of carboxylic acids is 1. The molecule has 3 fully saturated rings. The summed E-state index contributed by atoms with van der Waals surface area (Å²) in [6.07, 6.45) is -35.3. The highest BCUT2D eigenvalue weighted by molar-refractivity contribution is 5.78. The van der Waals surface area contributed by atoms with E-state index in [4.69, 9.17) is 28.4 Å². The van der Waals surface area contributed by atoms with Gasteiger partial charge in [-0.25, -0.2) is 4.79 Å². The summed E-state index contributed by atoms with van der Waals surface area (Å²) in [5.41, 5.74) is 0. The Morgan fingerprint density at radius 2 is 1.41 bits per heavy atom. The van der Waals surface area contributed by atoms with Crippen molar-refractivity contribution in [2.75, 3.05) is 19.8 Å². The molecular weight excluding hydrogens is 768 g/mol. The van der Waals surface area contributed by atoms with Gasteiger partial charge in [-0.3, -0.25) is 9.59 Å². The fourth-order valence-electron chi connectivity index (χ4n) is 6.49. The lowest BCUT2D eigenvalue weighted by Gasteiger charge is -2.50.